The summed E-state index contributed by atoms with van der Waals surface area (Å²) in [6.07, 6.45) is 0.639. The van der Waals surface area contributed by atoms with Crippen molar-refractivity contribution in [3.05, 3.63) is 30.1 Å². The van der Waals surface area contributed by atoms with Crippen molar-refractivity contribution in [3.8, 4) is 5.75 Å². The van der Waals surface area contributed by atoms with E-state index in [1.807, 2.05) is 0 Å². The Morgan fingerprint density at radius 1 is 1.38 bits per heavy atom. The average Bonchev–Trinajstić information content (AvgIpc) is 2.85. The summed E-state index contributed by atoms with van der Waals surface area (Å²) in [5, 5.41) is 9.13. The first-order valence-corrected chi connectivity index (χ1v) is 6.80. The van der Waals surface area contributed by atoms with Crippen molar-refractivity contribution >= 4 is 11.9 Å². The van der Waals surface area contributed by atoms with Gasteiger partial charge in [0.05, 0.1) is 18.4 Å². The highest BCUT2D eigenvalue weighted by Crippen LogP contribution is 2.30. The van der Waals surface area contributed by atoms with Gasteiger partial charge >= 0.3 is 5.97 Å². The predicted octanol–water partition coefficient (Wildman–Crippen LogP) is 1.92. The molecular weight excluding hydrogens is 277 g/mol. The van der Waals surface area contributed by atoms with Gasteiger partial charge in [-0.3, -0.25) is 9.59 Å². The second-order valence-corrected chi connectivity index (χ2v) is 5.48. The van der Waals surface area contributed by atoms with Gasteiger partial charge in [-0.2, -0.15) is 0 Å². The fourth-order valence-corrected chi connectivity index (χ4v) is 2.29. The van der Waals surface area contributed by atoms with Crippen LogP contribution in [-0.4, -0.2) is 41.6 Å². The molecule has 1 aliphatic heterocycles. The third kappa shape index (κ3) is 3.71. The minimum Gasteiger partial charge on any atom is -0.493 e. The number of nitrogens with zero attached hydrogens (tertiary/aromatic N) is 1. The Bertz CT molecular complexity index is 531. The van der Waals surface area contributed by atoms with Gasteiger partial charge in [-0.15, -0.1) is 0 Å². The summed E-state index contributed by atoms with van der Waals surface area (Å²) >= 11 is 0. The van der Waals surface area contributed by atoms with Gasteiger partial charge < -0.3 is 14.7 Å². The van der Waals surface area contributed by atoms with E-state index in [1.165, 1.54) is 24.3 Å². The van der Waals surface area contributed by atoms with E-state index < -0.39 is 11.4 Å². The zero-order valence-corrected chi connectivity index (χ0v) is 11.8. The molecule has 1 amide bonds. The molecule has 0 radical (unpaired) electrons. The second kappa shape index (κ2) is 6.11. The number of hydrogen-bond acceptors (Lipinski definition) is 3. The van der Waals surface area contributed by atoms with Crippen molar-refractivity contribution in [2.75, 3.05) is 19.7 Å². The summed E-state index contributed by atoms with van der Waals surface area (Å²) in [4.78, 5) is 24.7. The molecule has 0 aromatic heterocycles. The smallest absolute Gasteiger partial charge is 0.311 e. The highest BCUT2D eigenvalue weighted by Gasteiger charge is 2.41. The number of ether oxygens (including phenoxy) is 1. The van der Waals surface area contributed by atoms with E-state index in [4.69, 9.17) is 9.84 Å². The molecule has 1 aliphatic rings. The first-order chi connectivity index (χ1) is 9.90. The maximum absolute atomic E-state index is 12.7. The lowest BCUT2D eigenvalue weighted by Gasteiger charge is -2.20. The van der Waals surface area contributed by atoms with Crippen molar-refractivity contribution in [1.82, 2.24) is 4.90 Å². The summed E-state index contributed by atoms with van der Waals surface area (Å²) in [6, 6.07) is 5.57. The molecule has 1 atom stereocenters. The first-order valence-electron chi connectivity index (χ1n) is 6.80. The number of amides is 1. The van der Waals surface area contributed by atoms with Crippen LogP contribution in [0.25, 0.3) is 0 Å². The van der Waals surface area contributed by atoms with E-state index in [2.05, 4.69) is 0 Å². The van der Waals surface area contributed by atoms with Gasteiger partial charge in [0.2, 0.25) is 5.91 Å². The Morgan fingerprint density at radius 3 is 2.62 bits per heavy atom. The van der Waals surface area contributed by atoms with Crippen LogP contribution in [0.5, 0.6) is 5.75 Å². The molecule has 2 rings (SSSR count). The minimum atomic E-state index is -0.875. The third-order valence-corrected chi connectivity index (χ3v) is 3.74. The van der Waals surface area contributed by atoms with E-state index in [1.54, 1.807) is 11.8 Å². The molecule has 6 heteroatoms. The van der Waals surface area contributed by atoms with E-state index in [0.29, 0.717) is 18.7 Å². The van der Waals surface area contributed by atoms with Crippen LogP contribution in [0.4, 0.5) is 4.39 Å². The molecule has 1 aromatic carbocycles. The SMILES string of the molecule is C[C@]1(C(=O)O)CCN(C(=O)CCOc2ccc(F)cc2)C1. The molecule has 114 valence electrons. The largest absolute Gasteiger partial charge is 0.493 e. The van der Waals surface area contributed by atoms with E-state index >= 15 is 0 Å². The van der Waals surface area contributed by atoms with Crippen LogP contribution in [0.3, 0.4) is 0 Å². The molecule has 1 saturated heterocycles. The van der Waals surface area contributed by atoms with Crippen molar-refractivity contribution in [3.63, 3.8) is 0 Å². The maximum atomic E-state index is 12.7. The molecule has 0 spiro atoms. The highest BCUT2D eigenvalue weighted by atomic mass is 19.1. The normalized spacial score (nSPS) is 21.3. The number of aliphatic carboxylic acids is 1. The standard InChI is InChI=1S/C15H18FNO4/c1-15(14(19)20)7-8-17(10-15)13(18)6-9-21-12-4-2-11(16)3-5-12/h2-5H,6-10H2,1H3,(H,19,20)/t15-/m0/s1. The lowest BCUT2D eigenvalue weighted by Crippen LogP contribution is -2.35. The van der Waals surface area contributed by atoms with Gasteiger partial charge in [0, 0.05) is 13.1 Å². The van der Waals surface area contributed by atoms with Crippen molar-refractivity contribution in [2.24, 2.45) is 5.41 Å². The molecule has 0 bridgehead atoms. The van der Waals surface area contributed by atoms with Crippen molar-refractivity contribution < 1.29 is 23.8 Å². The van der Waals surface area contributed by atoms with Gasteiger partial charge in [-0.05, 0) is 37.6 Å². The number of carboxylic acids is 1. The summed E-state index contributed by atoms with van der Waals surface area (Å²) < 4.78 is 18.1. The molecule has 0 saturated carbocycles. The number of rotatable bonds is 5. The molecule has 1 heterocycles. The third-order valence-electron chi connectivity index (χ3n) is 3.74. The summed E-state index contributed by atoms with van der Waals surface area (Å²) in [5.74, 6) is -0.841. The van der Waals surface area contributed by atoms with Crippen LogP contribution in [0.15, 0.2) is 24.3 Å². The summed E-state index contributed by atoms with van der Waals surface area (Å²) in [7, 11) is 0. The van der Waals surface area contributed by atoms with Crippen LogP contribution < -0.4 is 4.74 Å². The van der Waals surface area contributed by atoms with Crippen LogP contribution in [0, 0.1) is 11.2 Å². The van der Waals surface area contributed by atoms with Gasteiger partial charge in [-0.25, -0.2) is 4.39 Å². The Balaban J connectivity index is 1.78. The average molecular weight is 295 g/mol. The maximum Gasteiger partial charge on any atom is 0.311 e. The Hall–Kier alpha value is -2.11. The first kappa shape index (κ1) is 15.3. The van der Waals surface area contributed by atoms with Crippen LogP contribution in [0.2, 0.25) is 0 Å². The van der Waals surface area contributed by atoms with Gasteiger partial charge in [0.1, 0.15) is 11.6 Å². The number of likely N-dealkylation sites (tertiary alicyclic amines) is 1. The van der Waals surface area contributed by atoms with Crippen molar-refractivity contribution in [1.29, 1.82) is 0 Å². The fraction of sp³-hybridized carbons (Fsp3) is 0.467. The number of carboxylic acid groups (broad SMARTS) is 1. The van der Waals surface area contributed by atoms with Crippen LogP contribution in [-0.2, 0) is 9.59 Å². The predicted molar refractivity (Wildman–Crippen MR) is 73.5 cm³/mol. The Morgan fingerprint density at radius 2 is 2.05 bits per heavy atom. The van der Waals surface area contributed by atoms with E-state index in [9.17, 15) is 14.0 Å². The van der Waals surface area contributed by atoms with Crippen molar-refractivity contribution in [2.45, 2.75) is 19.8 Å². The van der Waals surface area contributed by atoms with E-state index in [0.717, 1.165) is 0 Å². The lowest BCUT2D eigenvalue weighted by atomic mass is 9.90. The Kier molecular flexibility index (Phi) is 4.45. The molecule has 1 fully saturated rings. The molecule has 0 unspecified atom stereocenters. The van der Waals surface area contributed by atoms with Crippen LogP contribution >= 0.6 is 0 Å². The topological polar surface area (TPSA) is 66.8 Å². The quantitative estimate of drug-likeness (QED) is 0.901. The zero-order chi connectivity index (χ0) is 15.5. The number of benzene rings is 1. The molecule has 5 nitrogen and oxygen atoms in total. The molecule has 1 N–H and O–H groups in total. The number of carbonyl (C=O) groups is 2. The summed E-state index contributed by atoms with van der Waals surface area (Å²) in [6.45, 7) is 2.53. The Labute approximate surface area is 122 Å². The summed E-state index contributed by atoms with van der Waals surface area (Å²) in [5.41, 5.74) is -0.854. The number of halogens is 1. The molecule has 0 aliphatic carbocycles. The number of carbonyl (C=O) groups excluding carboxylic acids is 1. The van der Waals surface area contributed by atoms with Gasteiger partial charge in [0.15, 0.2) is 0 Å². The van der Waals surface area contributed by atoms with Gasteiger partial charge in [0.25, 0.3) is 0 Å². The van der Waals surface area contributed by atoms with Crippen LogP contribution in [0.1, 0.15) is 19.8 Å². The molecule has 21 heavy (non-hydrogen) atoms. The monoisotopic (exact) mass is 295 g/mol. The number of hydrogen-bond donors (Lipinski definition) is 1. The van der Waals surface area contributed by atoms with Gasteiger partial charge in [-0.1, -0.05) is 0 Å². The molecular formula is C15H18FNO4. The lowest BCUT2D eigenvalue weighted by molar-refractivity contribution is -0.147. The minimum absolute atomic E-state index is 0.123. The highest BCUT2D eigenvalue weighted by molar-refractivity contribution is 5.80. The second-order valence-electron chi connectivity index (χ2n) is 5.48. The fourth-order valence-electron chi connectivity index (χ4n) is 2.29. The zero-order valence-electron chi connectivity index (χ0n) is 11.8. The molecule has 1 aromatic rings. The van der Waals surface area contributed by atoms with E-state index in [-0.39, 0.29) is 31.3 Å².